The fourth-order valence-electron chi connectivity index (χ4n) is 1.74. The van der Waals surface area contributed by atoms with Crippen LogP contribution in [-0.2, 0) is 6.42 Å². The topological polar surface area (TPSA) is 3.24 Å². The van der Waals surface area contributed by atoms with Crippen LogP contribution in [0.25, 0.3) is 0 Å². The zero-order chi connectivity index (χ0) is 9.97. The maximum absolute atomic E-state index is 2.26. The fourth-order valence-corrected chi connectivity index (χ4v) is 1.74. The normalized spacial score (nSPS) is 15.6. The van der Waals surface area contributed by atoms with Gasteiger partial charge in [-0.3, -0.25) is 0 Å². The molecule has 0 bridgehead atoms. The minimum Gasteiger partial charge on any atom is -0.378 e. The number of benzene rings is 1. The Kier molecular flexibility index (Phi) is 2.76. The van der Waals surface area contributed by atoms with Crippen LogP contribution in [0.4, 0.5) is 5.69 Å². The Hall–Kier alpha value is -0.980. The van der Waals surface area contributed by atoms with Crippen molar-refractivity contribution in [3.8, 4) is 0 Å². The SMILES string of the molecule is CN(C)c1ccc(CCC2CC2)cc1. The van der Waals surface area contributed by atoms with Crippen LogP contribution in [0.15, 0.2) is 24.3 Å². The highest BCUT2D eigenvalue weighted by molar-refractivity contribution is 5.45. The van der Waals surface area contributed by atoms with Crippen molar-refractivity contribution in [3.63, 3.8) is 0 Å². The Morgan fingerprint density at radius 2 is 1.79 bits per heavy atom. The first-order valence-electron chi connectivity index (χ1n) is 5.52. The molecule has 1 aliphatic carbocycles. The molecular formula is C13H19N. The van der Waals surface area contributed by atoms with Crippen molar-refractivity contribution in [1.29, 1.82) is 0 Å². The molecule has 0 spiro atoms. The van der Waals surface area contributed by atoms with Crippen LogP contribution in [0, 0.1) is 5.92 Å². The van der Waals surface area contributed by atoms with Crippen molar-refractivity contribution in [1.82, 2.24) is 0 Å². The van der Waals surface area contributed by atoms with Crippen molar-refractivity contribution in [2.24, 2.45) is 5.92 Å². The molecule has 1 nitrogen and oxygen atoms in total. The van der Waals surface area contributed by atoms with E-state index in [1.807, 2.05) is 0 Å². The number of hydrogen-bond donors (Lipinski definition) is 0. The van der Waals surface area contributed by atoms with Gasteiger partial charge in [0, 0.05) is 19.8 Å². The molecule has 0 radical (unpaired) electrons. The number of nitrogens with zero attached hydrogens (tertiary/aromatic N) is 1. The maximum atomic E-state index is 2.26. The Bertz CT molecular complexity index is 283. The standard InChI is InChI=1S/C13H19N/c1-14(2)13-9-7-12(8-10-13)6-5-11-3-4-11/h7-11H,3-6H2,1-2H3. The van der Waals surface area contributed by atoms with Gasteiger partial charge in [0.1, 0.15) is 0 Å². The minimum absolute atomic E-state index is 1.04. The zero-order valence-corrected chi connectivity index (χ0v) is 9.16. The summed E-state index contributed by atoms with van der Waals surface area (Å²) >= 11 is 0. The molecule has 0 atom stereocenters. The van der Waals surface area contributed by atoms with Crippen molar-refractivity contribution in [3.05, 3.63) is 29.8 Å². The lowest BCUT2D eigenvalue weighted by Crippen LogP contribution is -2.08. The first-order valence-corrected chi connectivity index (χ1v) is 5.52. The van der Waals surface area contributed by atoms with Crippen molar-refractivity contribution < 1.29 is 0 Å². The van der Waals surface area contributed by atoms with Crippen molar-refractivity contribution in [2.45, 2.75) is 25.7 Å². The van der Waals surface area contributed by atoms with E-state index in [1.54, 1.807) is 0 Å². The Labute approximate surface area is 86.7 Å². The van der Waals surface area contributed by atoms with Gasteiger partial charge in [-0.1, -0.05) is 25.0 Å². The molecule has 1 saturated carbocycles. The lowest BCUT2D eigenvalue weighted by atomic mass is 10.1. The summed E-state index contributed by atoms with van der Waals surface area (Å²) in [6.07, 6.45) is 5.59. The van der Waals surface area contributed by atoms with Crippen LogP contribution in [0.1, 0.15) is 24.8 Å². The predicted octanol–water partition coefficient (Wildman–Crippen LogP) is 3.10. The van der Waals surface area contributed by atoms with E-state index in [-0.39, 0.29) is 0 Å². The van der Waals surface area contributed by atoms with Gasteiger partial charge in [-0.25, -0.2) is 0 Å². The van der Waals surface area contributed by atoms with Gasteiger partial charge in [-0.05, 0) is 36.5 Å². The van der Waals surface area contributed by atoms with Gasteiger partial charge in [0.05, 0.1) is 0 Å². The second kappa shape index (κ2) is 4.04. The first kappa shape index (κ1) is 9.57. The van der Waals surface area contributed by atoms with Gasteiger partial charge in [-0.2, -0.15) is 0 Å². The second-order valence-corrected chi connectivity index (χ2v) is 4.54. The molecule has 1 fully saturated rings. The molecule has 1 heteroatoms. The van der Waals surface area contributed by atoms with E-state index in [4.69, 9.17) is 0 Å². The van der Waals surface area contributed by atoms with E-state index < -0.39 is 0 Å². The van der Waals surface area contributed by atoms with Crippen LogP contribution in [0.2, 0.25) is 0 Å². The van der Waals surface area contributed by atoms with Crippen LogP contribution in [-0.4, -0.2) is 14.1 Å². The van der Waals surface area contributed by atoms with E-state index in [1.165, 1.54) is 36.9 Å². The highest BCUT2D eigenvalue weighted by Crippen LogP contribution is 2.33. The Balaban J connectivity index is 1.91. The third-order valence-corrected chi connectivity index (χ3v) is 2.99. The quantitative estimate of drug-likeness (QED) is 0.703. The summed E-state index contributed by atoms with van der Waals surface area (Å²) in [7, 11) is 4.17. The van der Waals surface area contributed by atoms with Gasteiger partial charge in [0.25, 0.3) is 0 Å². The number of rotatable bonds is 4. The molecule has 0 aromatic heterocycles. The Morgan fingerprint density at radius 3 is 2.29 bits per heavy atom. The third-order valence-electron chi connectivity index (χ3n) is 2.99. The number of hydrogen-bond acceptors (Lipinski definition) is 1. The van der Waals surface area contributed by atoms with Gasteiger partial charge in [0.2, 0.25) is 0 Å². The van der Waals surface area contributed by atoms with E-state index >= 15 is 0 Å². The molecule has 0 aliphatic heterocycles. The molecule has 0 N–H and O–H groups in total. The van der Waals surface area contributed by atoms with E-state index in [0.29, 0.717) is 0 Å². The van der Waals surface area contributed by atoms with Gasteiger partial charge < -0.3 is 4.90 Å². The summed E-state index contributed by atoms with van der Waals surface area (Å²) in [6, 6.07) is 8.94. The van der Waals surface area contributed by atoms with Gasteiger partial charge in [0.15, 0.2) is 0 Å². The van der Waals surface area contributed by atoms with Crippen molar-refractivity contribution in [2.75, 3.05) is 19.0 Å². The Morgan fingerprint density at radius 1 is 1.14 bits per heavy atom. The maximum Gasteiger partial charge on any atom is 0.0361 e. The second-order valence-electron chi connectivity index (χ2n) is 4.54. The molecule has 2 rings (SSSR count). The minimum atomic E-state index is 1.04. The average molecular weight is 189 g/mol. The van der Waals surface area contributed by atoms with Crippen LogP contribution in [0.3, 0.4) is 0 Å². The summed E-state index contributed by atoms with van der Waals surface area (Å²) in [4.78, 5) is 2.14. The van der Waals surface area contributed by atoms with E-state index in [0.717, 1.165) is 5.92 Å². The third kappa shape index (κ3) is 2.50. The van der Waals surface area contributed by atoms with Crippen molar-refractivity contribution >= 4 is 5.69 Å². The summed E-state index contributed by atoms with van der Waals surface area (Å²) in [6.45, 7) is 0. The fraction of sp³-hybridized carbons (Fsp3) is 0.538. The highest BCUT2D eigenvalue weighted by Gasteiger charge is 2.20. The van der Waals surface area contributed by atoms with Gasteiger partial charge >= 0.3 is 0 Å². The summed E-state index contributed by atoms with van der Waals surface area (Å²) < 4.78 is 0. The summed E-state index contributed by atoms with van der Waals surface area (Å²) in [5, 5.41) is 0. The molecule has 14 heavy (non-hydrogen) atoms. The van der Waals surface area contributed by atoms with E-state index in [2.05, 4.69) is 43.3 Å². The molecule has 0 unspecified atom stereocenters. The number of aryl methyl sites for hydroxylation is 1. The van der Waals surface area contributed by atoms with Crippen LogP contribution < -0.4 is 4.90 Å². The molecule has 0 amide bonds. The molecule has 0 saturated heterocycles. The van der Waals surface area contributed by atoms with Crippen LogP contribution >= 0.6 is 0 Å². The lowest BCUT2D eigenvalue weighted by molar-refractivity contribution is 0.727. The monoisotopic (exact) mass is 189 g/mol. The predicted molar refractivity (Wildman–Crippen MR) is 61.8 cm³/mol. The average Bonchev–Trinajstić information content (AvgIpc) is 2.99. The first-order chi connectivity index (χ1) is 6.75. The summed E-state index contributed by atoms with van der Waals surface area (Å²) in [5.41, 5.74) is 2.78. The summed E-state index contributed by atoms with van der Waals surface area (Å²) in [5.74, 6) is 1.04. The lowest BCUT2D eigenvalue weighted by Gasteiger charge is -2.12. The highest BCUT2D eigenvalue weighted by atomic mass is 15.1. The zero-order valence-electron chi connectivity index (χ0n) is 9.16. The molecule has 1 aromatic rings. The number of anilines is 1. The molecule has 0 heterocycles. The van der Waals surface area contributed by atoms with Crippen LogP contribution in [0.5, 0.6) is 0 Å². The van der Waals surface area contributed by atoms with E-state index in [9.17, 15) is 0 Å². The largest absolute Gasteiger partial charge is 0.378 e. The molecule has 1 aromatic carbocycles. The molecule has 1 aliphatic rings. The molecular weight excluding hydrogens is 170 g/mol. The molecule has 76 valence electrons. The van der Waals surface area contributed by atoms with Gasteiger partial charge in [-0.15, -0.1) is 0 Å². The smallest absolute Gasteiger partial charge is 0.0361 e.